The van der Waals surface area contributed by atoms with E-state index in [0.29, 0.717) is 6.54 Å². The molecule has 0 bridgehead atoms. The average molecular weight is 320 g/mol. The Morgan fingerprint density at radius 2 is 2.09 bits per heavy atom. The zero-order valence-electron chi connectivity index (χ0n) is 14.3. The number of piperidine rings is 1. The van der Waals surface area contributed by atoms with Crippen LogP contribution in [-0.4, -0.2) is 47.4 Å². The van der Waals surface area contributed by atoms with Gasteiger partial charge in [-0.15, -0.1) is 0 Å². The van der Waals surface area contributed by atoms with Crippen LogP contribution in [0.15, 0.2) is 30.3 Å². The first kappa shape index (κ1) is 17.8. The molecule has 1 heterocycles. The molecule has 5 heteroatoms. The molecule has 0 radical (unpaired) electrons. The van der Waals surface area contributed by atoms with Gasteiger partial charge in [-0.1, -0.05) is 30.3 Å². The van der Waals surface area contributed by atoms with Gasteiger partial charge in [0.2, 0.25) is 0 Å². The monoisotopic (exact) mass is 320 g/mol. The molecule has 0 aromatic heterocycles. The van der Waals surface area contributed by atoms with Crippen molar-refractivity contribution in [3.8, 4) is 0 Å². The maximum atomic E-state index is 12.2. The Labute approximate surface area is 138 Å². The van der Waals surface area contributed by atoms with E-state index in [9.17, 15) is 9.90 Å². The molecular weight excluding hydrogens is 292 g/mol. The van der Waals surface area contributed by atoms with Crippen LogP contribution in [0.25, 0.3) is 0 Å². The predicted molar refractivity (Wildman–Crippen MR) is 90.2 cm³/mol. The van der Waals surface area contributed by atoms with Crippen molar-refractivity contribution >= 4 is 6.09 Å². The lowest BCUT2D eigenvalue weighted by Crippen LogP contribution is -2.50. The smallest absolute Gasteiger partial charge is 0.410 e. The van der Waals surface area contributed by atoms with E-state index in [-0.39, 0.29) is 24.8 Å². The van der Waals surface area contributed by atoms with Gasteiger partial charge in [-0.3, -0.25) is 0 Å². The van der Waals surface area contributed by atoms with E-state index in [4.69, 9.17) is 4.74 Å². The first-order valence-electron chi connectivity index (χ1n) is 8.29. The van der Waals surface area contributed by atoms with Gasteiger partial charge >= 0.3 is 6.09 Å². The summed E-state index contributed by atoms with van der Waals surface area (Å²) in [6.07, 6.45) is 1.66. The second-order valence-electron chi connectivity index (χ2n) is 7.08. The molecule has 1 aromatic carbocycles. The van der Waals surface area contributed by atoms with Crippen LogP contribution in [0, 0.1) is 0 Å². The van der Waals surface area contributed by atoms with Crippen LogP contribution in [-0.2, 0) is 4.74 Å². The minimum Gasteiger partial charge on any atom is -0.444 e. The van der Waals surface area contributed by atoms with Crippen molar-refractivity contribution in [2.75, 3.05) is 19.7 Å². The third-order valence-corrected chi connectivity index (χ3v) is 3.89. The molecule has 2 N–H and O–H groups in total. The third-order valence-electron chi connectivity index (χ3n) is 3.89. The summed E-state index contributed by atoms with van der Waals surface area (Å²) >= 11 is 0. The van der Waals surface area contributed by atoms with Gasteiger partial charge in [0.1, 0.15) is 5.60 Å². The summed E-state index contributed by atoms with van der Waals surface area (Å²) in [5.41, 5.74) is 0.583. The van der Waals surface area contributed by atoms with Crippen LogP contribution < -0.4 is 5.32 Å². The summed E-state index contributed by atoms with van der Waals surface area (Å²) in [7, 11) is 0. The van der Waals surface area contributed by atoms with Crippen molar-refractivity contribution in [3.05, 3.63) is 35.9 Å². The van der Waals surface area contributed by atoms with E-state index in [1.165, 1.54) is 0 Å². The van der Waals surface area contributed by atoms with Crippen molar-refractivity contribution in [1.29, 1.82) is 0 Å². The molecule has 2 unspecified atom stereocenters. The van der Waals surface area contributed by atoms with Gasteiger partial charge in [-0.2, -0.15) is 0 Å². The number of ether oxygens (including phenoxy) is 1. The number of nitrogens with one attached hydrogen (secondary N) is 1. The van der Waals surface area contributed by atoms with Gasteiger partial charge in [-0.05, 0) is 39.2 Å². The molecule has 2 rings (SSSR count). The van der Waals surface area contributed by atoms with E-state index < -0.39 is 5.60 Å². The Morgan fingerprint density at radius 3 is 2.70 bits per heavy atom. The van der Waals surface area contributed by atoms with Crippen molar-refractivity contribution < 1.29 is 14.6 Å². The summed E-state index contributed by atoms with van der Waals surface area (Å²) in [6.45, 7) is 7.00. The van der Waals surface area contributed by atoms with Gasteiger partial charge < -0.3 is 20.1 Å². The molecule has 2 atom stereocenters. The lowest BCUT2D eigenvalue weighted by atomic mass is 10.0. The lowest BCUT2D eigenvalue weighted by molar-refractivity contribution is 0.0180. The Morgan fingerprint density at radius 1 is 1.39 bits per heavy atom. The lowest BCUT2D eigenvalue weighted by Gasteiger charge is -2.36. The van der Waals surface area contributed by atoms with E-state index in [1.54, 1.807) is 4.90 Å². The second kappa shape index (κ2) is 7.79. The highest BCUT2D eigenvalue weighted by molar-refractivity contribution is 5.68. The van der Waals surface area contributed by atoms with Crippen molar-refractivity contribution in [2.45, 2.75) is 51.3 Å². The fourth-order valence-electron chi connectivity index (χ4n) is 2.83. The zero-order chi connectivity index (χ0) is 16.9. The Hall–Kier alpha value is -1.59. The van der Waals surface area contributed by atoms with E-state index in [2.05, 4.69) is 5.32 Å². The number of hydrogen-bond donors (Lipinski definition) is 2. The van der Waals surface area contributed by atoms with Gasteiger partial charge in [0.15, 0.2) is 0 Å². The fourth-order valence-corrected chi connectivity index (χ4v) is 2.83. The first-order chi connectivity index (χ1) is 10.9. The molecule has 1 saturated heterocycles. The van der Waals surface area contributed by atoms with Crippen LogP contribution in [0.4, 0.5) is 4.79 Å². The van der Waals surface area contributed by atoms with Gasteiger partial charge in [0.25, 0.3) is 0 Å². The molecule has 1 aromatic rings. The highest BCUT2D eigenvalue weighted by Gasteiger charge is 2.28. The first-order valence-corrected chi connectivity index (χ1v) is 8.29. The number of benzene rings is 1. The van der Waals surface area contributed by atoms with Crippen LogP contribution in [0.5, 0.6) is 0 Å². The zero-order valence-corrected chi connectivity index (χ0v) is 14.3. The second-order valence-corrected chi connectivity index (χ2v) is 7.08. The predicted octanol–water partition coefficient (Wildman–Crippen LogP) is 2.71. The fraction of sp³-hybridized carbons (Fsp3) is 0.611. The maximum absolute atomic E-state index is 12.2. The van der Waals surface area contributed by atoms with Crippen molar-refractivity contribution in [2.24, 2.45) is 0 Å². The number of nitrogens with zero attached hydrogens (tertiary/aromatic N) is 1. The van der Waals surface area contributed by atoms with Gasteiger partial charge in [-0.25, -0.2) is 4.79 Å². The molecule has 1 aliphatic rings. The summed E-state index contributed by atoms with van der Waals surface area (Å²) in [4.78, 5) is 14.0. The highest BCUT2D eigenvalue weighted by Crippen LogP contribution is 2.19. The van der Waals surface area contributed by atoms with Crippen LogP contribution in [0.1, 0.15) is 45.2 Å². The van der Waals surface area contributed by atoms with E-state index in [0.717, 1.165) is 24.9 Å². The molecule has 0 spiro atoms. The van der Waals surface area contributed by atoms with E-state index >= 15 is 0 Å². The Kier molecular flexibility index (Phi) is 6.02. The minimum atomic E-state index is -0.477. The number of amides is 1. The van der Waals surface area contributed by atoms with Gasteiger partial charge in [0.05, 0.1) is 12.6 Å². The quantitative estimate of drug-likeness (QED) is 0.895. The standard InChI is InChI=1S/C18H28N2O3/c1-18(2,3)23-17(22)20-11-7-10-15(12-20)19-16(13-21)14-8-5-4-6-9-14/h4-6,8-9,15-16,19,21H,7,10-13H2,1-3H3. The molecular formula is C18H28N2O3. The summed E-state index contributed by atoms with van der Waals surface area (Å²) in [5.74, 6) is 0. The summed E-state index contributed by atoms with van der Waals surface area (Å²) in [5, 5.41) is 13.1. The summed E-state index contributed by atoms with van der Waals surface area (Å²) < 4.78 is 5.45. The van der Waals surface area contributed by atoms with Crippen LogP contribution in [0.2, 0.25) is 0 Å². The number of carbonyl (C=O) groups is 1. The highest BCUT2D eigenvalue weighted by atomic mass is 16.6. The number of rotatable bonds is 4. The molecule has 0 saturated carbocycles. The van der Waals surface area contributed by atoms with Crippen molar-refractivity contribution in [3.63, 3.8) is 0 Å². The molecule has 0 aliphatic carbocycles. The minimum absolute atomic E-state index is 0.0347. The molecule has 1 amide bonds. The SMILES string of the molecule is CC(C)(C)OC(=O)N1CCCC(NC(CO)c2ccccc2)C1. The largest absolute Gasteiger partial charge is 0.444 e. The van der Waals surface area contributed by atoms with Crippen LogP contribution in [0.3, 0.4) is 0 Å². The van der Waals surface area contributed by atoms with Crippen LogP contribution >= 0.6 is 0 Å². The van der Waals surface area contributed by atoms with Gasteiger partial charge in [0, 0.05) is 19.1 Å². The average Bonchev–Trinajstić information content (AvgIpc) is 2.52. The van der Waals surface area contributed by atoms with Crippen molar-refractivity contribution in [1.82, 2.24) is 10.2 Å². The topological polar surface area (TPSA) is 61.8 Å². The molecule has 23 heavy (non-hydrogen) atoms. The third kappa shape index (κ3) is 5.52. The maximum Gasteiger partial charge on any atom is 0.410 e. The summed E-state index contributed by atoms with van der Waals surface area (Å²) in [6, 6.07) is 9.95. The molecule has 5 nitrogen and oxygen atoms in total. The number of likely N-dealkylation sites (tertiary alicyclic amines) is 1. The number of hydrogen-bond acceptors (Lipinski definition) is 4. The molecule has 128 valence electrons. The number of aliphatic hydroxyl groups excluding tert-OH is 1. The number of carbonyl (C=O) groups excluding carboxylic acids is 1. The normalized spacial score (nSPS) is 20.2. The Bertz CT molecular complexity index is 499. The van der Waals surface area contributed by atoms with E-state index in [1.807, 2.05) is 51.1 Å². The number of aliphatic hydroxyl groups is 1. The molecule has 1 aliphatic heterocycles. The Balaban J connectivity index is 1.94. The molecule has 1 fully saturated rings.